The lowest BCUT2D eigenvalue weighted by Gasteiger charge is -2.14. The maximum atomic E-state index is 5.94. The molecule has 9 heteroatoms. The largest absolute Gasteiger partial charge is 0.350 e. The van der Waals surface area contributed by atoms with Crippen LogP contribution in [0.25, 0.3) is 5.95 Å². The second-order valence-electron chi connectivity index (χ2n) is 4.47. The van der Waals surface area contributed by atoms with E-state index in [1.807, 2.05) is 23.9 Å². The van der Waals surface area contributed by atoms with Gasteiger partial charge in [0.2, 0.25) is 17.2 Å². The zero-order valence-electron chi connectivity index (χ0n) is 11.3. The molecule has 0 fully saturated rings. The molecule has 0 radical (unpaired) electrons. The minimum Gasteiger partial charge on any atom is -0.350 e. The van der Waals surface area contributed by atoms with Crippen LogP contribution < -0.4 is 5.32 Å². The molecule has 3 aromatic heterocycles. The molecule has 8 nitrogen and oxygen atoms in total. The van der Waals surface area contributed by atoms with Gasteiger partial charge in [0, 0.05) is 30.8 Å². The summed E-state index contributed by atoms with van der Waals surface area (Å²) in [6.07, 6.45) is 8.62. The van der Waals surface area contributed by atoms with E-state index in [-0.39, 0.29) is 11.3 Å². The Balaban J connectivity index is 1.76. The fraction of sp³-hybridized carbons (Fsp3) is 0.250. The van der Waals surface area contributed by atoms with E-state index in [1.165, 1.54) is 0 Å². The van der Waals surface area contributed by atoms with Crippen LogP contribution in [-0.4, -0.2) is 40.3 Å². The number of imidazole rings is 1. The molecule has 0 bridgehead atoms. The molecule has 1 unspecified atom stereocenters. The van der Waals surface area contributed by atoms with Gasteiger partial charge >= 0.3 is 0 Å². The Morgan fingerprint density at radius 2 is 2.14 bits per heavy atom. The summed E-state index contributed by atoms with van der Waals surface area (Å²) >= 11 is 5.94. The van der Waals surface area contributed by atoms with Gasteiger partial charge in [0.15, 0.2) is 0 Å². The topological polar surface area (TPSA) is 86.3 Å². The monoisotopic (exact) mass is 304 g/mol. The molecule has 3 aromatic rings. The van der Waals surface area contributed by atoms with Crippen molar-refractivity contribution in [2.45, 2.75) is 19.5 Å². The van der Waals surface area contributed by atoms with E-state index in [9.17, 15) is 0 Å². The molecule has 21 heavy (non-hydrogen) atoms. The van der Waals surface area contributed by atoms with Gasteiger partial charge in [-0.05, 0) is 24.6 Å². The van der Waals surface area contributed by atoms with Gasteiger partial charge in [-0.3, -0.25) is 9.25 Å². The summed E-state index contributed by atoms with van der Waals surface area (Å²) in [4.78, 5) is 16.4. The van der Waals surface area contributed by atoms with Crippen molar-refractivity contribution in [1.29, 1.82) is 0 Å². The highest BCUT2D eigenvalue weighted by molar-refractivity contribution is 6.28. The van der Waals surface area contributed by atoms with E-state index in [0.717, 1.165) is 0 Å². The van der Waals surface area contributed by atoms with Gasteiger partial charge in [0.1, 0.15) is 6.33 Å². The Hall–Kier alpha value is -2.48. The smallest absolute Gasteiger partial charge is 0.241 e. The van der Waals surface area contributed by atoms with Crippen molar-refractivity contribution < 1.29 is 0 Å². The highest BCUT2D eigenvalue weighted by atomic mass is 35.5. The van der Waals surface area contributed by atoms with Crippen molar-refractivity contribution in [3.05, 3.63) is 42.5 Å². The lowest BCUT2D eigenvalue weighted by atomic mass is 10.3. The SMILES string of the molecule is CC(Cn1cccn1)Nc1nc(Cl)nc(-n2ccnc2)n1. The average Bonchev–Trinajstić information content (AvgIpc) is 3.10. The Kier molecular flexibility index (Phi) is 3.78. The standard InChI is InChI=1S/C12H13ClN8/c1-9(7-21-5-2-3-15-21)16-11-17-10(13)18-12(19-11)20-6-4-14-8-20/h2-6,8-9H,7H2,1H3,(H,16,17,18,19). The third kappa shape index (κ3) is 3.34. The first-order valence-corrected chi connectivity index (χ1v) is 6.72. The summed E-state index contributed by atoms with van der Waals surface area (Å²) in [5.41, 5.74) is 0. The van der Waals surface area contributed by atoms with Gasteiger partial charge in [0.25, 0.3) is 0 Å². The van der Waals surface area contributed by atoms with Crippen molar-refractivity contribution in [1.82, 2.24) is 34.3 Å². The van der Waals surface area contributed by atoms with Crippen LogP contribution in [-0.2, 0) is 6.54 Å². The van der Waals surface area contributed by atoms with Crippen molar-refractivity contribution in [3.8, 4) is 5.95 Å². The highest BCUT2D eigenvalue weighted by Gasteiger charge is 2.10. The van der Waals surface area contributed by atoms with Gasteiger partial charge in [-0.2, -0.15) is 20.1 Å². The Morgan fingerprint density at radius 1 is 1.24 bits per heavy atom. The minimum absolute atomic E-state index is 0.0824. The summed E-state index contributed by atoms with van der Waals surface area (Å²) in [6.45, 7) is 2.70. The van der Waals surface area contributed by atoms with E-state index >= 15 is 0 Å². The number of aromatic nitrogens is 7. The van der Waals surface area contributed by atoms with Crippen molar-refractivity contribution in [2.24, 2.45) is 0 Å². The maximum Gasteiger partial charge on any atom is 0.241 e. The number of nitrogens with zero attached hydrogens (tertiary/aromatic N) is 7. The normalized spacial score (nSPS) is 12.3. The molecular weight excluding hydrogens is 292 g/mol. The van der Waals surface area contributed by atoms with Gasteiger partial charge in [-0.15, -0.1) is 0 Å². The summed E-state index contributed by atoms with van der Waals surface area (Å²) in [5.74, 6) is 0.833. The first-order valence-electron chi connectivity index (χ1n) is 6.34. The van der Waals surface area contributed by atoms with E-state index in [1.54, 1.807) is 29.5 Å². The molecule has 0 saturated heterocycles. The van der Waals surface area contributed by atoms with Crippen molar-refractivity contribution in [2.75, 3.05) is 5.32 Å². The average molecular weight is 305 g/mol. The molecule has 0 aliphatic carbocycles. The quantitative estimate of drug-likeness (QED) is 0.767. The van der Waals surface area contributed by atoms with Crippen molar-refractivity contribution in [3.63, 3.8) is 0 Å². The van der Waals surface area contributed by atoms with Gasteiger partial charge in [-0.1, -0.05) is 0 Å². The molecule has 0 spiro atoms. The second-order valence-corrected chi connectivity index (χ2v) is 4.81. The molecule has 0 saturated carbocycles. The Bertz CT molecular complexity index is 694. The minimum atomic E-state index is 0.0824. The van der Waals surface area contributed by atoms with Crippen LogP contribution in [0.4, 0.5) is 5.95 Å². The Morgan fingerprint density at radius 3 is 2.86 bits per heavy atom. The number of nitrogens with one attached hydrogen (secondary N) is 1. The molecule has 3 heterocycles. The van der Waals surface area contributed by atoms with Crippen LogP contribution in [0.5, 0.6) is 0 Å². The van der Waals surface area contributed by atoms with E-state index in [2.05, 4.69) is 30.4 Å². The first kappa shape index (κ1) is 13.5. The highest BCUT2D eigenvalue weighted by Crippen LogP contribution is 2.10. The third-order valence-corrected chi connectivity index (χ3v) is 2.90. The summed E-state index contributed by atoms with van der Waals surface area (Å²) in [6, 6.07) is 1.96. The number of hydrogen-bond acceptors (Lipinski definition) is 6. The molecule has 108 valence electrons. The van der Waals surface area contributed by atoms with Crippen LogP contribution in [0.15, 0.2) is 37.2 Å². The second kappa shape index (κ2) is 5.88. The van der Waals surface area contributed by atoms with Crippen molar-refractivity contribution >= 4 is 17.5 Å². The lowest BCUT2D eigenvalue weighted by molar-refractivity contribution is 0.558. The summed E-state index contributed by atoms with van der Waals surface area (Å²) in [5, 5.41) is 7.47. The van der Waals surface area contributed by atoms with Crippen LogP contribution in [0.1, 0.15) is 6.92 Å². The predicted molar refractivity (Wildman–Crippen MR) is 77.3 cm³/mol. The van der Waals surface area contributed by atoms with E-state index in [0.29, 0.717) is 18.4 Å². The lowest BCUT2D eigenvalue weighted by Crippen LogP contribution is -2.24. The molecule has 0 aliphatic rings. The van der Waals surface area contributed by atoms with Crippen LogP contribution >= 0.6 is 11.6 Å². The molecule has 3 rings (SSSR count). The zero-order chi connectivity index (χ0) is 14.7. The predicted octanol–water partition coefficient (Wildman–Crippen LogP) is 1.41. The van der Waals surface area contributed by atoms with E-state index < -0.39 is 0 Å². The Labute approximate surface area is 125 Å². The zero-order valence-corrected chi connectivity index (χ0v) is 12.0. The van der Waals surface area contributed by atoms with Crippen LogP contribution in [0.2, 0.25) is 5.28 Å². The molecular formula is C12H13ClN8. The van der Waals surface area contributed by atoms with Gasteiger partial charge in [-0.25, -0.2) is 4.98 Å². The maximum absolute atomic E-state index is 5.94. The summed E-state index contributed by atoms with van der Waals surface area (Å²) < 4.78 is 3.49. The first-order chi connectivity index (χ1) is 10.2. The third-order valence-electron chi connectivity index (χ3n) is 2.73. The molecule has 1 atom stereocenters. The number of anilines is 1. The number of hydrogen-bond donors (Lipinski definition) is 1. The van der Waals surface area contributed by atoms with Gasteiger partial charge < -0.3 is 5.32 Å². The molecule has 0 amide bonds. The summed E-state index contributed by atoms with van der Waals surface area (Å²) in [7, 11) is 0. The number of halogens is 1. The molecule has 0 aliphatic heterocycles. The fourth-order valence-corrected chi connectivity index (χ4v) is 2.01. The molecule has 0 aromatic carbocycles. The molecule has 1 N–H and O–H groups in total. The van der Waals surface area contributed by atoms with E-state index in [4.69, 9.17) is 11.6 Å². The fourth-order valence-electron chi connectivity index (χ4n) is 1.85. The van der Waals surface area contributed by atoms with Crippen LogP contribution in [0, 0.1) is 0 Å². The number of rotatable bonds is 5. The van der Waals surface area contributed by atoms with Gasteiger partial charge in [0.05, 0.1) is 6.54 Å². The van der Waals surface area contributed by atoms with Crippen LogP contribution in [0.3, 0.4) is 0 Å².